The minimum Gasteiger partial charge on any atom is -0.379 e. The van der Waals surface area contributed by atoms with Crippen LogP contribution in [0.5, 0.6) is 0 Å². The largest absolute Gasteiger partial charge is 0.379 e. The highest BCUT2D eigenvalue weighted by Gasteiger charge is 2.18. The molecule has 0 bridgehead atoms. The van der Waals surface area contributed by atoms with Crippen molar-refractivity contribution >= 4 is 0 Å². The van der Waals surface area contributed by atoms with Crippen molar-refractivity contribution in [3.05, 3.63) is 0 Å². The van der Waals surface area contributed by atoms with Crippen molar-refractivity contribution in [2.24, 2.45) is 5.92 Å². The molecule has 20 heavy (non-hydrogen) atoms. The highest BCUT2D eigenvalue weighted by Crippen LogP contribution is 2.10. The fraction of sp³-hybridized carbons (Fsp3) is 1.00. The van der Waals surface area contributed by atoms with Crippen molar-refractivity contribution in [3.63, 3.8) is 0 Å². The molecule has 2 heterocycles. The summed E-state index contributed by atoms with van der Waals surface area (Å²) in [7, 11) is 0. The van der Waals surface area contributed by atoms with Crippen LogP contribution < -0.4 is 5.32 Å². The van der Waals surface area contributed by atoms with E-state index < -0.39 is 0 Å². The van der Waals surface area contributed by atoms with Gasteiger partial charge in [-0.15, -0.1) is 0 Å². The van der Waals surface area contributed by atoms with Gasteiger partial charge in [-0.05, 0) is 51.4 Å². The topological polar surface area (TPSA) is 27.7 Å². The molecule has 2 saturated heterocycles. The van der Waals surface area contributed by atoms with Gasteiger partial charge in [-0.2, -0.15) is 0 Å². The van der Waals surface area contributed by atoms with Crippen molar-refractivity contribution < 1.29 is 4.74 Å². The molecule has 0 amide bonds. The van der Waals surface area contributed by atoms with Gasteiger partial charge in [-0.3, -0.25) is 4.90 Å². The number of hydrogen-bond donors (Lipinski definition) is 1. The van der Waals surface area contributed by atoms with Crippen LogP contribution >= 0.6 is 0 Å². The normalized spacial score (nSPS) is 26.9. The minimum atomic E-state index is 0.695. The second-order valence-electron chi connectivity index (χ2n) is 6.74. The van der Waals surface area contributed by atoms with Gasteiger partial charge in [0.25, 0.3) is 0 Å². The molecule has 4 nitrogen and oxygen atoms in total. The van der Waals surface area contributed by atoms with Crippen LogP contribution in [-0.4, -0.2) is 74.9 Å². The van der Waals surface area contributed by atoms with Gasteiger partial charge in [0.1, 0.15) is 0 Å². The summed E-state index contributed by atoms with van der Waals surface area (Å²) in [5.74, 6) is 0.792. The van der Waals surface area contributed by atoms with Crippen LogP contribution in [0, 0.1) is 5.92 Å². The van der Waals surface area contributed by atoms with Gasteiger partial charge in [-0.1, -0.05) is 13.8 Å². The fourth-order valence-corrected chi connectivity index (χ4v) is 3.35. The van der Waals surface area contributed by atoms with E-state index in [9.17, 15) is 0 Å². The number of morpholine rings is 1. The van der Waals surface area contributed by atoms with E-state index in [1.165, 1.54) is 52.0 Å². The highest BCUT2D eigenvalue weighted by molar-refractivity contribution is 4.77. The van der Waals surface area contributed by atoms with Gasteiger partial charge < -0.3 is 15.0 Å². The van der Waals surface area contributed by atoms with E-state index in [2.05, 4.69) is 29.0 Å². The Morgan fingerprint density at radius 3 is 2.60 bits per heavy atom. The van der Waals surface area contributed by atoms with Crippen LogP contribution in [0.25, 0.3) is 0 Å². The third kappa shape index (κ3) is 6.08. The highest BCUT2D eigenvalue weighted by atomic mass is 16.5. The summed E-state index contributed by atoms with van der Waals surface area (Å²) in [5, 5.41) is 3.71. The van der Waals surface area contributed by atoms with Crippen molar-refractivity contribution in [1.29, 1.82) is 0 Å². The Morgan fingerprint density at radius 1 is 1.10 bits per heavy atom. The van der Waals surface area contributed by atoms with Crippen LogP contribution in [0.4, 0.5) is 0 Å². The van der Waals surface area contributed by atoms with E-state index in [0.717, 1.165) is 32.2 Å². The Balaban J connectivity index is 1.65. The second kappa shape index (κ2) is 8.98. The molecule has 0 saturated carbocycles. The summed E-state index contributed by atoms with van der Waals surface area (Å²) in [6.07, 6.45) is 3.90. The molecule has 2 rings (SSSR count). The quantitative estimate of drug-likeness (QED) is 0.798. The molecule has 118 valence electrons. The molecule has 2 fully saturated rings. The van der Waals surface area contributed by atoms with Crippen molar-refractivity contribution in [2.45, 2.75) is 39.2 Å². The smallest absolute Gasteiger partial charge is 0.0594 e. The zero-order valence-electron chi connectivity index (χ0n) is 13.4. The Hall–Kier alpha value is -0.160. The van der Waals surface area contributed by atoms with Crippen LogP contribution in [0.15, 0.2) is 0 Å². The maximum Gasteiger partial charge on any atom is 0.0594 e. The zero-order valence-corrected chi connectivity index (χ0v) is 13.4. The van der Waals surface area contributed by atoms with Gasteiger partial charge >= 0.3 is 0 Å². The summed E-state index contributed by atoms with van der Waals surface area (Å²) in [4.78, 5) is 5.22. The number of rotatable bonds is 6. The van der Waals surface area contributed by atoms with Crippen molar-refractivity contribution in [1.82, 2.24) is 15.1 Å². The number of ether oxygens (including phenoxy) is 1. The lowest BCUT2D eigenvalue weighted by atomic mass is 10.0. The monoisotopic (exact) mass is 283 g/mol. The average molecular weight is 283 g/mol. The van der Waals surface area contributed by atoms with Crippen LogP contribution in [0.2, 0.25) is 0 Å². The summed E-state index contributed by atoms with van der Waals surface area (Å²) < 4.78 is 5.40. The molecule has 1 unspecified atom stereocenters. The number of hydrogen-bond acceptors (Lipinski definition) is 4. The van der Waals surface area contributed by atoms with Gasteiger partial charge in [0.05, 0.1) is 13.2 Å². The Morgan fingerprint density at radius 2 is 1.85 bits per heavy atom. The van der Waals surface area contributed by atoms with Gasteiger partial charge in [0.2, 0.25) is 0 Å². The third-order valence-corrected chi connectivity index (χ3v) is 4.37. The molecule has 2 aliphatic heterocycles. The summed E-state index contributed by atoms with van der Waals surface area (Å²) in [6, 6.07) is 0.695. The molecular formula is C16H33N3O. The maximum atomic E-state index is 5.40. The second-order valence-corrected chi connectivity index (χ2v) is 6.74. The molecule has 2 aliphatic rings. The summed E-state index contributed by atoms with van der Waals surface area (Å²) in [6.45, 7) is 14.9. The molecule has 1 N–H and O–H groups in total. The average Bonchev–Trinajstić information content (AvgIpc) is 2.65. The first kappa shape index (κ1) is 16.2. The molecule has 0 radical (unpaired) electrons. The standard InChI is InChI=1S/C16H33N3O/c1-15(2)13-16-14-19(6-3-5-17-16)8-4-7-18-9-11-20-12-10-18/h15-17H,3-14H2,1-2H3. The maximum absolute atomic E-state index is 5.40. The van der Waals surface area contributed by atoms with Crippen LogP contribution in [0.3, 0.4) is 0 Å². The van der Waals surface area contributed by atoms with Gasteiger partial charge in [-0.25, -0.2) is 0 Å². The first-order chi connectivity index (χ1) is 9.74. The molecule has 0 aromatic heterocycles. The van der Waals surface area contributed by atoms with E-state index >= 15 is 0 Å². The molecular weight excluding hydrogens is 250 g/mol. The predicted octanol–water partition coefficient (Wildman–Crippen LogP) is 1.42. The summed E-state index contributed by atoms with van der Waals surface area (Å²) in [5.41, 5.74) is 0. The first-order valence-electron chi connectivity index (χ1n) is 8.50. The van der Waals surface area contributed by atoms with Crippen LogP contribution in [0.1, 0.15) is 33.1 Å². The van der Waals surface area contributed by atoms with Crippen LogP contribution in [-0.2, 0) is 4.74 Å². The van der Waals surface area contributed by atoms with Gasteiger partial charge in [0, 0.05) is 25.7 Å². The van der Waals surface area contributed by atoms with E-state index in [1.807, 2.05) is 0 Å². The zero-order chi connectivity index (χ0) is 14.2. The van der Waals surface area contributed by atoms with Crippen molar-refractivity contribution in [3.8, 4) is 0 Å². The molecule has 0 aliphatic carbocycles. The Kier molecular flexibility index (Phi) is 7.28. The molecule has 0 aromatic carbocycles. The molecule has 0 aromatic rings. The first-order valence-corrected chi connectivity index (χ1v) is 8.50. The minimum absolute atomic E-state index is 0.695. The van der Waals surface area contributed by atoms with E-state index in [-0.39, 0.29) is 0 Å². The summed E-state index contributed by atoms with van der Waals surface area (Å²) >= 11 is 0. The lowest BCUT2D eigenvalue weighted by Crippen LogP contribution is -2.41. The fourth-order valence-electron chi connectivity index (χ4n) is 3.35. The molecule has 0 spiro atoms. The Bertz CT molecular complexity index is 254. The lowest BCUT2D eigenvalue weighted by molar-refractivity contribution is 0.0361. The van der Waals surface area contributed by atoms with Gasteiger partial charge in [0.15, 0.2) is 0 Å². The van der Waals surface area contributed by atoms with Crippen molar-refractivity contribution in [2.75, 3.05) is 59.0 Å². The van der Waals surface area contributed by atoms with E-state index in [0.29, 0.717) is 6.04 Å². The SMILES string of the molecule is CC(C)CC1CN(CCCN2CCOCC2)CCCN1. The number of nitrogens with one attached hydrogen (secondary N) is 1. The molecule has 4 heteroatoms. The molecule has 1 atom stereocenters. The van der Waals surface area contributed by atoms with E-state index in [1.54, 1.807) is 0 Å². The third-order valence-electron chi connectivity index (χ3n) is 4.37. The number of nitrogens with zero attached hydrogens (tertiary/aromatic N) is 2. The van der Waals surface area contributed by atoms with E-state index in [4.69, 9.17) is 4.74 Å². The predicted molar refractivity (Wildman–Crippen MR) is 84.2 cm³/mol. The lowest BCUT2D eigenvalue weighted by Gasteiger charge is -2.29. The Labute approximate surface area is 124 Å².